The van der Waals surface area contributed by atoms with Gasteiger partial charge in [-0.25, -0.2) is 4.79 Å². The number of benzene rings is 1. The van der Waals surface area contributed by atoms with Crippen LogP contribution in [-0.2, 0) is 9.59 Å². The van der Waals surface area contributed by atoms with Gasteiger partial charge in [-0.2, -0.15) is 5.26 Å². The van der Waals surface area contributed by atoms with E-state index < -0.39 is 23.5 Å². The van der Waals surface area contributed by atoms with Crippen molar-refractivity contribution in [3.63, 3.8) is 0 Å². The second-order valence-corrected chi connectivity index (χ2v) is 7.52. The van der Waals surface area contributed by atoms with Gasteiger partial charge in [-0.15, -0.1) is 0 Å². The third kappa shape index (κ3) is 4.12. The number of imide groups is 1. The lowest BCUT2D eigenvalue weighted by Crippen LogP contribution is -2.44. The minimum Gasteiger partial charge on any atom is -0.507 e. The van der Waals surface area contributed by atoms with Crippen LogP contribution in [0.4, 0.5) is 0 Å². The van der Waals surface area contributed by atoms with E-state index in [9.17, 15) is 24.8 Å². The molecule has 0 aliphatic carbocycles. The Labute approximate surface area is 178 Å². The number of carbonyl (C=O) groups is 3. The topological polar surface area (TPSA) is 132 Å². The number of aromatic carboxylic acids is 1. The Morgan fingerprint density at radius 1 is 1.23 bits per heavy atom. The van der Waals surface area contributed by atoms with E-state index in [0.29, 0.717) is 17.1 Å². The maximum Gasteiger partial charge on any atom is 0.339 e. The molecular formula is C23H20N2O6. The number of nitriles is 1. The van der Waals surface area contributed by atoms with Crippen molar-refractivity contribution in [2.45, 2.75) is 20.8 Å². The highest BCUT2D eigenvalue weighted by Gasteiger charge is 2.35. The lowest BCUT2D eigenvalue weighted by molar-refractivity contribution is -0.141. The highest BCUT2D eigenvalue weighted by atomic mass is 16.4. The van der Waals surface area contributed by atoms with Crippen LogP contribution in [0.5, 0.6) is 5.75 Å². The van der Waals surface area contributed by atoms with Crippen LogP contribution in [0.2, 0.25) is 0 Å². The molecule has 0 unspecified atom stereocenters. The molecule has 0 radical (unpaired) electrons. The second-order valence-electron chi connectivity index (χ2n) is 7.52. The predicted molar refractivity (Wildman–Crippen MR) is 111 cm³/mol. The molecule has 2 N–H and O–H groups in total. The molecule has 0 fully saturated rings. The highest BCUT2D eigenvalue weighted by molar-refractivity contribution is 6.19. The zero-order valence-corrected chi connectivity index (χ0v) is 17.2. The first-order valence-corrected chi connectivity index (χ1v) is 9.49. The zero-order valence-electron chi connectivity index (χ0n) is 17.2. The van der Waals surface area contributed by atoms with Crippen LogP contribution in [0, 0.1) is 17.2 Å². The maximum absolute atomic E-state index is 12.9. The summed E-state index contributed by atoms with van der Waals surface area (Å²) in [7, 11) is 0. The summed E-state index contributed by atoms with van der Waals surface area (Å²) >= 11 is 0. The smallest absolute Gasteiger partial charge is 0.339 e. The van der Waals surface area contributed by atoms with Crippen LogP contribution in [0.3, 0.4) is 0 Å². The van der Waals surface area contributed by atoms with Gasteiger partial charge < -0.3 is 14.6 Å². The molecule has 2 aromatic rings. The largest absolute Gasteiger partial charge is 0.507 e. The average Bonchev–Trinajstić information content (AvgIpc) is 3.17. The first-order valence-electron chi connectivity index (χ1n) is 9.49. The van der Waals surface area contributed by atoms with E-state index >= 15 is 0 Å². The van der Waals surface area contributed by atoms with E-state index in [1.54, 1.807) is 19.1 Å². The number of nitrogens with zero attached hydrogens (tertiary/aromatic N) is 2. The fourth-order valence-corrected chi connectivity index (χ4v) is 3.25. The molecule has 1 aliphatic rings. The van der Waals surface area contributed by atoms with Gasteiger partial charge in [-0.1, -0.05) is 19.9 Å². The number of carboxylic acids is 1. The maximum atomic E-state index is 12.9. The number of amides is 2. The molecule has 158 valence electrons. The average molecular weight is 420 g/mol. The summed E-state index contributed by atoms with van der Waals surface area (Å²) in [6.07, 6.45) is 1.46. The fraction of sp³-hybridized carbons (Fsp3) is 0.217. The van der Waals surface area contributed by atoms with Crippen LogP contribution < -0.4 is 0 Å². The minimum absolute atomic E-state index is 0.0316. The molecule has 0 saturated carbocycles. The lowest BCUT2D eigenvalue weighted by Gasteiger charge is -2.28. The van der Waals surface area contributed by atoms with E-state index in [2.05, 4.69) is 0 Å². The van der Waals surface area contributed by atoms with Crippen molar-refractivity contribution in [2.24, 2.45) is 5.92 Å². The van der Waals surface area contributed by atoms with E-state index in [1.165, 1.54) is 24.3 Å². The van der Waals surface area contributed by atoms with Gasteiger partial charge in [0.15, 0.2) is 0 Å². The van der Waals surface area contributed by atoms with Gasteiger partial charge in [-0.3, -0.25) is 14.5 Å². The summed E-state index contributed by atoms with van der Waals surface area (Å²) in [6, 6.07) is 9.12. The zero-order chi connectivity index (χ0) is 22.9. The quantitative estimate of drug-likeness (QED) is 0.558. The number of carbonyl (C=O) groups excluding carboxylic acids is 2. The van der Waals surface area contributed by atoms with Gasteiger partial charge in [0.05, 0.1) is 0 Å². The first-order chi connectivity index (χ1) is 14.6. The highest BCUT2D eigenvalue weighted by Crippen LogP contribution is 2.31. The summed E-state index contributed by atoms with van der Waals surface area (Å²) < 4.78 is 5.74. The molecule has 0 spiro atoms. The van der Waals surface area contributed by atoms with Crippen molar-refractivity contribution in [3.05, 3.63) is 58.4 Å². The normalized spacial score (nSPS) is 15.7. The van der Waals surface area contributed by atoms with Crippen molar-refractivity contribution in [2.75, 3.05) is 6.54 Å². The Bertz CT molecular complexity index is 1190. The molecule has 1 aliphatic heterocycles. The van der Waals surface area contributed by atoms with Crippen LogP contribution in [0.25, 0.3) is 17.4 Å². The van der Waals surface area contributed by atoms with E-state index in [1.807, 2.05) is 19.9 Å². The molecule has 0 bridgehead atoms. The van der Waals surface area contributed by atoms with E-state index in [-0.39, 0.29) is 34.7 Å². The molecule has 3 rings (SSSR count). The molecule has 0 saturated heterocycles. The van der Waals surface area contributed by atoms with Crippen molar-refractivity contribution >= 4 is 23.9 Å². The van der Waals surface area contributed by atoms with Crippen LogP contribution in [-0.4, -0.2) is 39.4 Å². The monoisotopic (exact) mass is 420 g/mol. The van der Waals surface area contributed by atoms with E-state index in [4.69, 9.17) is 9.52 Å². The molecule has 2 heterocycles. The molecule has 1 aromatic carbocycles. The number of aromatic hydroxyl groups is 1. The third-order valence-electron chi connectivity index (χ3n) is 4.80. The fourth-order valence-electron chi connectivity index (χ4n) is 3.25. The van der Waals surface area contributed by atoms with Crippen molar-refractivity contribution < 1.29 is 29.0 Å². The van der Waals surface area contributed by atoms with Gasteiger partial charge in [0.25, 0.3) is 11.8 Å². The second kappa shape index (κ2) is 8.32. The Hall–Kier alpha value is -4.12. The first kappa shape index (κ1) is 21.6. The molecule has 8 heteroatoms. The number of rotatable bonds is 5. The SMILES string of the molecule is CC1=C(C#N)C(=O)N(CC(C)C)C(=O)/C1=C\c1ccc(-c2ccc(C(=O)O)c(O)c2)o1. The molecule has 1 aromatic heterocycles. The van der Waals surface area contributed by atoms with Crippen molar-refractivity contribution in [3.8, 4) is 23.1 Å². The number of hydrogen-bond donors (Lipinski definition) is 2. The van der Waals surface area contributed by atoms with Gasteiger partial charge in [0.2, 0.25) is 0 Å². The summed E-state index contributed by atoms with van der Waals surface area (Å²) in [4.78, 5) is 37.6. The van der Waals surface area contributed by atoms with Gasteiger partial charge in [-0.05, 0) is 48.8 Å². The molecule has 0 atom stereocenters. The van der Waals surface area contributed by atoms with Crippen LogP contribution in [0.1, 0.15) is 36.9 Å². The molecular weight excluding hydrogens is 400 g/mol. The third-order valence-corrected chi connectivity index (χ3v) is 4.80. The Morgan fingerprint density at radius 3 is 2.52 bits per heavy atom. The summed E-state index contributed by atoms with van der Waals surface area (Å²) in [6.45, 7) is 5.46. The lowest BCUT2D eigenvalue weighted by atomic mass is 9.94. The summed E-state index contributed by atoms with van der Waals surface area (Å²) in [5.41, 5.74) is 0.585. The standard InChI is InChI=1S/C23H20N2O6/c1-12(2)11-25-21(27)17(13(3)18(10-24)22(25)28)9-15-5-7-20(31-15)14-4-6-16(23(29)30)19(26)8-14/h4-9,12,26H,11H2,1-3H3,(H,29,30)/b17-9-. The Morgan fingerprint density at radius 2 is 1.94 bits per heavy atom. The van der Waals surface area contributed by atoms with Crippen molar-refractivity contribution in [1.82, 2.24) is 4.90 Å². The Balaban J connectivity index is 2.01. The summed E-state index contributed by atoms with van der Waals surface area (Å²) in [5.74, 6) is -2.08. The molecule has 8 nitrogen and oxygen atoms in total. The van der Waals surface area contributed by atoms with Crippen LogP contribution in [0.15, 0.2) is 51.5 Å². The summed E-state index contributed by atoms with van der Waals surface area (Å²) in [5, 5.41) is 28.3. The number of phenols is 1. The minimum atomic E-state index is -1.25. The Kier molecular flexibility index (Phi) is 5.79. The molecule has 2 amide bonds. The van der Waals surface area contributed by atoms with Gasteiger partial charge in [0.1, 0.15) is 34.5 Å². The number of carboxylic acid groups (broad SMARTS) is 1. The number of furan rings is 1. The van der Waals surface area contributed by atoms with Crippen molar-refractivity contribution in [1.29, 1.82) is 5.26 Å². The molecule has 31 heavy (non-hydrogen) atoms. The van der Waals surface area contributed by atoms with Gasteiger partial charge >= 0.3 is 5.97 Å². The van der Waals surface area contributed by atoms with E-state index in [0.717, 1.165) is 4.90 Å². The van der Waals surface area contributed by atoms with Gasteiger partial charge in [0, 0.05) is 17.7 Å². The van der Waals surface area contributed by atoms with Crippen LogP contribution >= 0.6 is 0 Å². The predicted octanol–water partition coefficient (Wildman–Crippen LogP) is 3.60. The number of hydrogen-bond acceptors (Lipinski definition) is 6.